The van der Waals surface area contributed by atoms with E-state index in [9.17, 15) is 4.39 Å². The van der Waals surface area contributed by atoms with E-state index in [2.05, 4.69) is 15.9 Å². The lowest BCUT2D eigenvalue weighted by Crippen LogP contribution is -1.98. The molecular weight excluding hydrogens is 239 g/mol. The first-order valence-corrected chi connectivity index (χ1v) is 4.49. The molecule has 0 saturated heterocycles. The lowest BCUT2D eigenvalue weighted by molar-refractivity contribution is 0.177. The van der Waals surface area contributed by atoms with Crippen LogP contribution in [0, 0.1) is 5.82 Å². The van der Waals surface area contributed by atoms with Crippen molar-refractivity contribution in [1.29, 1.82) is 0 Å². The lowest BCUT2D eigenvalue weighted by Gasteiger charge is -2.10. The highest BCUT2D eigenvalue weighted by molar-refractivity contribution is 9.10. The molecule has 4 heteroatoms. The fourth-order valence-corrected chi connectivity index (χ4v) is 1.61. The Kier molecular flexibility index (Phi) is 3.69. The van der Waals surface area contributed by atoms with Gasteiger partial charge in [0.1, 0.15) is 11.6 Å². The minimum Gasteiger partial charge on any atom is -0.495 e. The van der Waals surface area contributed by atoms with Crippen LogP contribution in [0.2, 0.25) is 0 Å². The first-order valence-electron chi connectivity index (χ1n) is 3.70. The first kappa shape index (κ1) is 10.5. The Bertz CT molecular complexity index is 302. The van der Waals surface area contributed by atoms with Gasteiger partial charge in [-0.1, -0.05) is 0 Å². The van der Waals surface area contributed by atoms with Crippen molar-refractivity contribution in [2.45, 2.75) is 6.61 Å². The van der Waals surface area contributed by atoms with E-state index in [1.807, 2.05) is 0 Å². The van der Waals surface area contributed by atoms with E-state index in [0.29, 0.717) is 11.3 Å². The molecule has 0 amide bonds. The van der Waals surface area contributed by atoms with E-state index < -0.39 is 0 Å². The van der Waals surface area contributed by atoms with E-state index in [4.69, 9.17) is 9.47 Å². The largest absolute Gasteiger partial charge is 0.495 e. The van der Waals surface area contributed by atoms with E-state index >= 15 is 0 Å². The maximum absolute atomic E-state index is 13.2. The second kappa shape index (κ2) is 4.58. The van der Waals surface area contributed by atoms with Crippen LogP contribution in [0.4, 0.5) is 4.39 Å². The summed E-state index contributed by atoms with van der Waals surface area (Å²) in [6.45, 7) is 0.203. The van der Waals surface area contributed by atoms with Gasteiger partial charge in [0, 0.05) is 7.11 Å². The summed E-state index contributed by atoms with van der Waals surface area (Å²) >= 11 is 3.26. The van der Waals surface area contributed by atoms with Crippen LogP contribution in [-0.4, -0.2) is 14.2 Å². The highest BCUT2D eigenvalue weighted by Gasteiger charge is 2.12. The molecule has 13 heavy (non-hydrogen) atoms. The third-order valence-corrected chi connectivity index (χ3v) is 2.27. The third-order valence-electron chi connectivity index (χ3n) is 1.65. The van der Waals surface area contributed by atoms with Crippen molar-refractivity contribution < 1.29 is 13.9 Å². The van der Waals surface area contributed by atoms with E-state index in [1.54, 1.807) is 6.07 Å². The van der Waals surface area contributed by atoms with Gasteiger partial charge in [0.05, 0.1) is 23.8 Å². The standard InChI is InChI=1S/C9H10BrFO2/c1-12-5-6-8(11)4-3-7(10)9(6)13-2/h3-4H,5H2,1-2H3. The van der Waals surface area contributed by atoms with Crippen molar-refractivity contribution in [3.63, 3.8) is 0 Å². The number of halogens is 2. The molecule has 0 saturated carbocycles. The van der Waals surface area contributed by atoms with Crippen molar-refractivity contribution in [3.8, 4) is 5.75 Å². The summed E-state index contributed by atoms with van der Waals surface area (Å²) < 4.78 is 23.9. The Hall–Kier alpha value is -0.610. The zero-order chi connectivity index (χ0) is 9.84. The zero-order valence-corrected chi connectivity index (χ0v) is 9.02. The van der Waals surface area contributed by atoms with Crippen LogP contribution in [0.25, 0.3) is 0 Å². The Morgan fingerprint density at radius 3 is 2.62 bits per heavy atom. The van der Waals surface area contributed by atoms with Gasteiger partial charge < -0.3 is 9.47 Å². The zero-order valence-electron chi connectivity index (χ0n) is 7.43. The van der Waals surface area contributed by atoms with Crippen LogP contribution >= 0.6 is 15.9 Å². The van der Waals surface area contributed by atoms with Crippen LogP contribution in [-0.2, 0) is 11.3 Å². The summed E-state index contributed by atoms with van der Waals surface area (Å²) in [4.78, 5) is 0. The molecule has 0 aromatic heterocycles. The number of benzene rings is 1. The Morgan fingerprint density at radius 2 is 2.08 bits per heavy atom. The van der Waals surface area contributed by atoms with Crippen LogP contribution in [0.1, 0.15) is 5.56 Å². The lowest BCUT2D eigenvalue weighted by atomic mass is 10.2. The summed E-state index contributed by atoms with van der Waals surface area (Å²) in [5.41, 5.74) is 0.430. The fraction of sp³-hybridized carbons (Fsp3) is 0.333. The molecule has 0 aliphatic rings. The number of hydrogen-bond donors (Lipinski definition) is 0. The number of ether oxygens (including phenoxy) is 2. The van der Waals surface area contributed by atoms with Gasteiger partial charge in [-0.3, -0.25) is 0 Å². The fourth-order valence-electron chi connectivity index (χ4n) is 1.07. The molecule has 2 nitrogen and oxygen atoms in total. The minimum absolute atomic E-state index is 0.203. The number of rotatable bonds is 3. The van der Waals surface area contributed by atoms with Gasteiger partial charge in [0.15, 0.2) is 0 Å². The molecule has 0 radical (unpaired) electrons. The average Bonchev–Trinajstić information content (AvgIpc) is 2.12. The van der Waals surface area contributed by atoms with Crippen molar-refractivity contribution >= 4 is 15.9 Å². The van der Waals surface area contributed by atoms with Crippen molar-refractivity contribution in [3.05, 3.63) is 28.0 Å². The molecule has 0 heterocycles. The maximum Gasteiger partial charge on any atom is 0.141 e. The predicted molar refractivity (Wildman–Crippen MR) is 51.4 cm³/mol. The summed E-state index contributed by atoms with van der Waals surface area (Å²) in [6.07, 6.45) is 0. The normalized spacial score (nSPS) is 10.2. The molecule has 72 valence electrons. The summed E-state index contributed by atoms with van der Waals surface area (Å²) in [5.74, 6) is 0.170. The molecule has 0 aliphatic carbocycles. The van der Waals surface area contributed by atoms with Crippen molar-refractivity contribution in [2.75, 3.05) is 14.2 Å². The molecule has 1 aromatic rings. The molecule has 0 aliphatic heterocycles. The number of hydrogen-bond acceptors (Lipinski definition) is 2. The Balaban J connectivity index is 3.18. The van der Waals surface area contributed by atoms with Gasteiger partial charge in [-0.15, -0.1) is 0 Å². The van der Waals surface area contributed by atoms with Gasteiger partial charge >= 0.3 is 0 Å². The molecule has 0 bridgehead atoms. The Morgan fingerprint density at radius 1 is 1.38 bits per heavy atom. The van der Waals surface area contributed by atoms with Gasteiger partial charge in [0.2, 0.25) is 0 Å². The Labute approximate surface area is 84.8 Å². The molecule has 1 aromatic carbocycles. The quantitative estimate of drug-likeness (QED) is 0.819. The van der Waals surface area contributed by atoms with Crippen molar-refractivity contribution in [2.24, 2.45) is 0 Å². The first-order chi connectivity index (χ1) is 6.20. The van der Waals surface area contributed by atoms with Crippen LogP contribution < -0.4 is 4.74 Å². The minimum atomic E-state index is -0.318. The van der Waals surface area contributed by atoms with Crippen LogP contribution in [0.3, 0.4) is 0 Å². The summed E-state index contributed by atoms with van der Waals surface area (Å²) in [6, 6.07) is 2.98. The predicted octanol–water partition coefficient (Wildman–Crippen LogP) is 2.74. The molecule has 1 rings (SSSR count). The molecule has 0 atom stereocenters. The van der Waals surface area contributed by atoms with Gasteiger partial charge in [-0.05, 0) is 28.1 Å². The molecule has 0 fully saturated rings. The third kappa shape index (κ3) is 2.19. The SMILES string of the molecule is COCc1c(F)ccc(Br)c1OC. The van der Waals surface area contributed by atoms with Gasteiger partial charge in [0.25, 0.3) is 0 Å². The summed E-state index contributed by atoms with van der Waals surface area (Å²) in [5, 5.41) is 0. The summed E-state index contributed by atoms with van der Waals surface area (Å²) in [7, 11) is 3.01. The highest BCUT2D eigenvalue weighted by Crippen LogP contribution is 2.31. The average molecular weight is 249 g/mol. The van der Waals surface area contributed by atoms with Crippen molar-refractivity contribution in [1.82, 2.24) is 0 Å². The van der Waals surface area contributed by atoms with Gasteiger partial charge in [-0.25, -0.2) is 4.39 Å². The smallest absolute Gasteiger partial charge is 0.141 e. The topological polar surface area (TPSA) is 18.5 Å². The van der Waals surface area contributed by atoms with Gasteiger partial charge in [-0.2, -0.15) is 0 Å². The van der Waals surface area contributed by atoms with E-state index in [0.717, 1.165) is 4.47 Å². The molecule has 0 spiro atoms. The molecule has 0 N–H and O–H groups in total. The second-order valence-electron chi connectivity index (χ2n) is 2.47. The monoisotopic (exact) mass is 248 g/mol. The molecular formula is C9H10BrFO2. The second-order valence-corrected chi connectivity index (χ2v) is 3.33. The van der Waals surface area contributed by atoms with E-state index in [1.165, 1.54) is 20.3 Å². The highest BCUT2D eigenvalue weighted by atomic mass is 79.9. The van der Waals surface area contributed by atoms with Crippen LogP contribution in [0.15, 0.2) is 16.6 Å². The maximum atomic E-state index is 13.2. The number of methoxy groups -OCH3 is 2. The van der Waals surface area contributed by atoms with Crippen LogP contribution in [0.5, 0.6) is 5.75 Å². The molecule has 0 unspecified atom stereocenters. The van der Waals surface area contributed by atoms with E-state index in [-0.39, 0.29) is 12.4 Å².